The SMILES string of the molecule is CCCCC(CCC)CCCCCCOc1ccc(/C=C\c2ccc(OCCCCCC(CCC)CCCC)cc2)cc1. The summed E-state index contributed by atoms with van der Waals surface area (Å²) >= 11 is 0. The second-order valence-corrected chi connectivity index (χ2v) is 12.8. The number of hydrogen-bond donors (Lipinski definition) is 0. The highest BCUT2D eigenvalue weighted by Gasteiger charge is 2.08. The molecule has 43 heavy (non-hydrogen) atoms. The Morgan fingerprint density at radius 3 is 1.19 bits per heavy atom. The van der Waals surface area contributed by atoms with Gasteiger partial charge >= 0.3 is 0 Å². The lowest BCUT2D eigenvalue weighted by atomic mass is 9.91. The zero-order chi connectivity index (χ0) is 30.8. The third-order valence-electron chi connectivity index (χ3n) is 8.86. The van der Waals surface area contributed by atoms with E-state index in [0.29, 0.717) is 0 Å². The molecule has 0 bridgehead atoms. The maximum absolute atomic E-state index is 6.01. The molecule has 2 heteroatoms. The fourth-order valence-electron chi connectivity index (χ4n) is 6.19. The monoisotopic (exact) mass is 591 g/mol. The van der Waals surface area contributed by atoms with Crippen LogP contribution in [0.4, 0.5) is 0 Å². The molecule has 2 rings (SSSR count). The molecular formula is C41H66O2. The Morgan fingerprint density at radius 1 is 0.419 bits per heavy atom. The van der Waals surface area contributed by atoms with Crippen LogP contribution in [0.15, 0.2) is 48.5 Å². The Balaban J connectivity index is 1.58. The van der Waals surface area contributed by atoms with Gasteiger partial charge in [-0.15, -0.1) is 0 Å². The van der Waals surface area contributed by atoms with E-state index in [1.807, 2.05) is 0 Å². The van der Waals surface area contributed by atoms with E-state index in [2.05, 4.69) is 88.4 Å². The van der Waals surface area contributed by atoms with Gasteiger partial charge < -0.3 is 9.47 Å². The highest BCUT2D eigenvalue weighted by atomic mass is 16.5. The van der Waals surface area contributed by atoms with E-state index < -0.39 is 0 Å². The van der Waals surface area contributed by atoms with E-state index in [0.717, 1.165) is 49.4 Å². The fraction of sp³-hybridized carbons (Fsp3) is 0.659. The summed E-state index contributed by atoms with van der Waals surface area (Å²) in [5, 5.41) is 0. The topological polar surface area (TPSA) is 18.5 Å². The van der Waals surface area contributed by atoms with Crippen molar-refractivity contribution in [3.8, 4) is 11.5 Å². The van der Waals surface area contributed by atoms with Gasteiger partial charge in [-0.25, -0.2) is 0 Å². The lowest BCUT2D eigenvalue weighted by Gasteiger charge is -2.15. The van der Waals surface area contributed by atoms with Gasteiger partial charge in [0.15, 0.2) is 0 Å². The van der Waals surface area contributed by atoms with E-state index in [-0.39, 0.29) is 0 Å². The molecule has 0 fully saturated rings. The molecular weight excluding hydrogens is 524 g/mol. The maximum Gasteiger partial charge on any atom is 0.119 e. The minimum Gasteiger partial charge on any atom is -0.494 e. The summed E-state index contributed by atoms with van der Waals surface area (Å²) in [7, 11) is 0. The smallest absolute Gasteiger partial charge is 0.119 e. The van der Waals surface area contributed by atoms with Crippen molar-refractivity contribution in [3.63, 3.8) is 0 Å². The normalized spacial score (nSPS) is 12.9. The van der Waals surface area contributed by atoms with Gasteiger partial charge in [-0.1, -0.05) is 173 Å². The van der Waals surface area contributed by atoms with E-state index in [1.54, 1.807) is 0 Å². The van der Waals surface area contributed by atoms with E-state index in [4.69, 9.17) is 9.47 Å². The van der Waals surface area contributed by atoms with Crippen LogP contribution < -0.4 is 9.47 Å². The number of ether oxygens (including phenoxy) is 2. The van der Waals surface area contributed by atoms with Crippen molar-refractivity contribution in [1.82, 2.24) is 0 Å². The molecule has 0 heterocycles. The van der Waals surface area contributed by atoms with E-state index >= 15 is 0 Å². The van der Waals surface area contributed by atoms with Crippen LogP contribution in [0.3, 0.4) is 0 Å². The van der Waals surface area contributed by atoms with Crippen LogP contribution in [0.1, 0.15) is 161 Å². The molecule has 0 amide bonds. The first-order chi connectivity index (χ1) is 21.2. The first kappa shape index (κ1) is 37.0. The molecule has 242 valence electrons. The average Bonchev–Trinajstić information content (AvgIpc) is 3.03. The first-order valence-electron chi connectivity index (χ1n) is 18.3. The minimum atomic E-state index is 0.815. The van der Waals surface area contributed by atoms with Crippen molar-refractivity contribution < 1.29 is 9.47 Å². The molecule has 2 atom stereocenters. The van der Waals surface area contributed by atoms with Crippen LogP contribution in [0.2, 0.25) is 0 Å². The van der Waals surface area contributed by atoms with Crippen LogP contribution in [0, 0.1) is 11.8 Å². The summed E-state index contributed by atoms with van der Waals surface area (Å²) in [6.07, 6.45) is 29.8. The van der Waals surface area contributed by atoms with Gasteiger partial charge in [0.1, 0.15) is 11.5 Å². The van der Waals surface area contributed by atoms with Gasteiger partial charge in [-0.2, -0.15) is 0 Å². The van der Waals surface area contributed by atoms with Gasteiger partial charge in [-0.3, -0.25) is 0 Å². The lowest BCUT2D eigenvalue weighted by molar-refractivity contribution is 0.299. The summed E-state index contributed by atoms with van der Waals surface area (Å²) in [5.41, 5.74) is 2.38. The third-order valence-corrected chi connectivity index (χ3v) is 8.86. The van der Waals surface area contributed by atoms with Gasteiger partial charge in [0.05, 0.1) is 13.2 Å². The van der Waals surface area contributed by atoms with Crippen molar-refractivity contribution in [2.24, 2.45) is 11.8 Å². The molecule has 0 radical (unpaired) electrons. The second-order valence-electron chi connectivity index (χ2n) is 12.8. The van der Waals surface area contributed by atoms with Gasteiger partial charge in [-0.05, 0) is 60.1 Å². The number of hydrogen-bond acceptors (Lipinski definition) is 2. The number of benzene rings is 2. The maximum atomic E-state index is 6.01. The minimum absolute atomic E-state index is 0.815. The average molecular weight is 591 g/mol. The molecule has 0 spiro atoms. The standard InChI is InChI=1S/C41H66O2/c1-5-9-20-36(18-7-3)22-14-11-12-16-34-42-40-30-26-38(27-31-40)24-25-39-28-32-41(33-29-39)43-35-17-13-15-23-37(19-8-4)21-10-6-2/h24-33,36-37H,5-23,34-35H2,1-4H3/b25-24-. The Labute approximate surface area is 267 Å². The molecule has 0 aromatic heterocycles. The zero-order valence-electron chi connectivity index (χ0n) is 28.6. The quantitative estimate of drug-likeness (QED) is 0.0761. The van der Waals surface area contributed by atoms with Crippen LogP contribution in [-0.4, -0.2) is 13.2 Å². The van der Waals surface area contributed by atoms with E-state index in [9.17, 15) is 0 Å². The van der Waals surface area contributed by atoms with Gasteiger partial charge in [0.25, 0.3) is 0 Å². The predicted octanol–water partition coefficient (Wildman–Crippen LogP) is 13.3. The lowest BCUT2D eigenvalue weighted by Crippen LogP contribution is -2.02. The van der Waals surface area contributed by atoms with Crippen molar-refractivity contribution in [3.05, 3.63) is 59.7 Å². The van der Waals surface area contributed by atoms with Crippen molar-refractivity contribution in [1.29, 1.82) is 0 Å². The molecule has 0 saturated heterocycles. The molecule has 2 aromatic carbocycles. The number of rotatable bonds is 27. The van der Waals surface area contributed by atoms with Gasteiger partial charge in [0, 0.05) is 0 Å². The summed E-state index contributed by atoms with van der Waals surface area (Å²) in [4.78, 5) is 0. The van der Waals surface area contributed by atoms with E-state index in [1.165, 1.54) is 120 Å². The third kappa shape index (κ3) is 18.2. The summed E-state index contributed by atoms with van der Waals surface area (Å²) in [6, 6.07) is 16.9. The predicted molar refractivity (Wildman–Crippen MR) is 190 cm³/mol. The molecule has 0 aliphatic rings. The molecule has 0 saturated carbocycles. The van der Waals surface area contributed by atoms with Crippen LogP contribution in [-0.2, 0) is 0 Å². The van der Waals surface area contributed by atoms with Crippen LogP contribution in [0.5, 0.6) is 11.5 Å². The summed E-state index contributed by atoms with van der Waals surface area (Å²) < 4.78 is 12.0. The summed E-state index contributed by atoms with van der Waals surface area (Å²) in [5.74, 6) is 3.83. The second kappa shape index (κ2) is 25.1. The van der Waals surface area contributed by atoms with Crippen molar-refractivity contribution >= 4 is 12.2 Å². The fourth-order valence-corrected chi connectivity index (χ4v) is 6.19. The van der Waals surface area contributed by atoms with Crippen molar-refractivity contribution in [2.45, 2.75) is 150 Å². The highest BCUT2D eigenvalue weighted by Crippen LogP contribution is 2.23. The Kier molecular flexibility index (Phi) is 21.6. The zero-order valence-corrected chi connectivity index (χ0v) is 28.6. The van der Waals surface area contributed by atoms with Crippen LogP contribution >= 0.6 is 0 Å². The Hall–Kier alpha value is -2.22. The molecule has 2 unspecified atom stereocenters. The van der Waals surface area contributed by atoms with Crippen LogP contribution in [0.25, 0.3) is 12.2 Å². The molecule has 2 aromatic rings. The Morgan fingerprint density at radius 2 is 0.791 bits per heavy atom. The Bertz CT molecular complexity index is 914. The number of unbranched alkanes of at least 4 members (excludes halogenated alkanes) is 7. The summed E-state index contributed by atoms with van der Waals surface area (Å²) in [6.45, 7) is 10.9. The largest absolute Gasteiger partial charge is 0.494 e. The molecule has 2 nitrogen and oxygen atoms in total. The van der Waals surface area contributed by atoms with Crippen molar-refractivity contribution in [2.75, 3.05) is 13.2 Å². The molecule has 0 aliphatic carbocycles. The molecule has 0 N–H and O–H groups in total. The van der Waals surface area contributed by atoms with Gasteiger partial charge in [0.2, 0.25) is 0 Å². The highest BCUT2D eigenvalue weighted by molar-refractivity contribution is 5.70. The first-order valence-corrected chi connectivity index (χ1v) is 18.3. The molecule has 0 aliphatic heterocycles.